The summed E-state index contributed by atoms with van der Waals surface area (Å²) in [5.41, 5.74) is 7.38. The van der Waals surface area contributed by atoms with Crippen molar-refractivity contribution in [1.82, 2.24) is 5.32 Å². The summed E-state index contributed by atoms with van der Waals surface area (Å²) in [7, 11) is 0. The second kappa shape index (κ2) is 6.18. The highest BCUT2D eigenvalue weighted by molar-refractivity contribution is 5.18. The minimum Gasteiger partial charge on any atom is -0.324 e. The van der Waals surface area contributed by atoms with E-state index < -0.39 is 0 Å². The molecule has 2 atom stereocenters. The molecule has 0 heterocycles. The Hall–Kier alpha value is -0.860. The zero-order valence-electron chi connectivity index (χ0n) is 10.7. The number of nitrogens with one attached hydrogen (secondary N) is 1. The minimum atomic E-state index is 0.167. The lowest BCUT2D eigenvalue weighted by molar-refractivity contribution is 0.451. The molecule has 1 aromatic rings. The van der Waals surface area contributed by atoms with Crippen LogP contribution in [-0.4, -0.2) is 13.1 Å². The van der Waals surface area contributed by atoms with Crippen molar-refractivity contribution in [3.05, 3.63) is 35.9 Å². The van der Waals surface area contributed by atoms with Crippen LogP contribution in [0.5, 0.6) is 0 Å². The average molecular weight is 232 g/mol. The van der Waals surface area contributed by atoms with E-state index in [4.69, 9.17) is 5.73 Å². The molecule has 1 aromatic carbocycles. The molecule has 0 spiro atoms. The highest BCUT2D eigenvalue weighted by Crippen LogP contribution is 2.36. The van der Waals surface area contributed by atoms with Crippen LogP contribution in [0, 0.1) is 11.8 Å². The van der Waals surface area contributed by atoms with Crippen molar-refractivity contribution in [2.24, 2.45) is 17.6 Å². The molecule has 94 valence electrons. The SMILES string of the molecule is CC(CNCCC(N)c1ccccc1)C1CC1. The van der Waals surface area contributed by atoms with Gasteiger partial charge in [0.2, 0.25) is 0 Å². The molecule has 1 fully saturated rings. The van der Waals surface area contributed by atoms with Crippen LogP contribution in [0.2, 0.25) is 0 Å². The summed E-state index contributed by atoms with van der Waals surface area (Å²) in [5, 5.41) is 3.53. The molecule has 2 nitrogen and oxygen atoms in total. The van der Waals surface area contributed by atoms with Gasteiger partial charge in [0.05, 0.1) is 0 Å². The minimum absolute atomic E-state index is 0.167. The Morgan fingerprint density at radius 2 is 2.00 bits per heavy atom. The monoisotopic (exact) mass is 232 g/mol. The molecule has 1 aliphatic carbocycles. The highest BCUT2D eigenvalue weighted by atomic mass is 14.9. The molecule has 3 N–H and O–H groups in total. The van der Waals surface area contributed by atoms with Crippen molar-refractivity contribution in [2.75, 3.05) is 13.1 Å². The van der Waals surface area contributed by atoms with E-state index in [2.05, 4.69) is 36.5 Å². The van der Waals surface area contributed by atoms with Gasteiger partial charge in [-0.05, 0) is 49.8 Å². The maximum Gasteiger partial charge on any atom is 0.0306 e. The molecule has 1 aliphatic rings. The lowest BCUT2D eigenvalue weighted by Gasteiger charge is -2.14. The van der Waals surface area contributed by atoms with Crippen LogP contribution in [0.3, 0.4) is 0 Å². The van der Waals surface area contributed by atoms with Crippen LogP contribution in [0.25, 0.3) is 0 Å². The Balaban J connectivity index is 1.61. The second-order valence-corrected chi connectivity index (χ2v) is 5.32. The van der Waals surface area contributed by atoms with Gasteiger partial charge in [0.15, 0.2) is 0 Å². The van der Waals surface area contributed by atoms with Gasteiger partial charge < -0.3 is 11.1 Å². The Kier molecular flexibility index (Phi) is 4.57. The second-order valence-electron chi connectivity index (χ2n) is 5.32. The Morgan fingerprint density at radius 3 is 2.65 bits per heavy atom. The van der Waals surface area contributed by atoms with Crippen molar-refractivity contribution in [2.45, 2.75) is 32.2 Å². The molecule has 0 bridgehead atoms. The molecule has 2 rings (SSSR count). The fourth-order valence-electron chi connectivity index (χ4n) is 2.29. The van der Waals surface area contributed by atoms with Crippen LogP contribution in [0.15, 0.2) is 30.3 Å². The van der Waals surface area contributed by atoms with Crippen LogP contribution in [-0.2, 0) is 0 Å². The van der Waals surface area contributed by atoms with Crippen molar-refractivity contribution in [3.63, 3.8) is 0 Å². The van der Waals surface area contributed by atoms with E-state index in [1.807, 2.05) is 6.07 Å². The first-order valence-electron chi connectivity index (χ1n) is 6.78. The predicted molar refractivity (Wildman–Crippen MR) is 72.7 cm³/mol. The Labute approximate surface area is 105 Å². The first-order chi connectivity index (χ1) is 8.27. The van der Waals surface area contributed by atoms with Crippen LogP contribution >= 0.6 is 0 Å². The number of benzene rings is 1. The van der Waals surface area contributed by atoms with Gasteiger partial charge in [0.25, 0.3) is 0 Å². The number of nitrogens with two attached hydrogens (primary N) is 1. The van der Waals surface area contributed by atoms with Crippen LogP contribution < -0.4 is 11.1 Å². The lowest BCUT2D eigenvalue weighted by atomic mass is 10.0. The summed E-state index contributed by atoms with van der Waals surface area (Å²) in [5.74, 6) is 1.83. The lowest BCUT2D eigenvalue weighted by Crippen LogP contribution is -2.26. The smallest absolute Gasteiger partial charge is 0.0306 e. The first kappa shape index (κ1) is 12.6. The number of hydrogen-bond donors (Lipinski definition) is 2. The molecular weight excluding hydrogens is 208 g/mol. The van der Waals surface area contributed by atoms with Gasteiger partial charge in [0, 0.05) is 6.04 Å². The van der Waals surface area contributed by atoms with Gasteiger partial charge in [-0.25, -0.2) is 0 Å². The van der Waals surface area contributed by atoms with Gasteiger partial charge in [-0.3, -0.25) is 0 Å². The normalized spacial score (nSPS) is 18.9. The van der Waals surface area contributed by atoms with Crippen molar-refractivity contribution >= 4 is 0 Å². The highest BCUT2D eigenvalue weighted by Gasteiger charge is 2.27. The first-order valence-corrected chi connectivity index (χ1v) is 6.78. The van der Waals surface area contributed by atoms with E-state index in [0.29, 0.717) is 0 Å². The van der Waals surface area contributed by atoms with E-state index in [-0.39, 0.29) is 6.04 Å². The van der Waals surface area contributed by atoms with E-state index in [9.17, 15) is 0 Å². The van der Waals surface area contributed by atoms with E-state index in [1.165, 1.54) is 18.4 Å². The molecule has 2 heteroatoms. The quantitative estimate of drug-likeness (QED) is 0.709. The average Bonchev–Trinajstić information content (AvgIpc) is 3.19. The van der Waals surface area contributed by atoms with E-state index in [0.717, 1.165) is 31.3 Å². The summed E-state index contributed by atoms with van der Waals surface area (Å²) in [4.78, 5) is 0. The summed E-state index contributed by atoms with van der Waals surface area (Å²) in [6.07, 6.45) is 3.89. The topological polar surface area (TPSA) is 38.0 Å². The van der Waals surface area contributed by atoms with Gasteiger partial charge in [0.1, 0.15) is 0 Å². The van der Waals surface area contributed by atoms with Crippen LogP contribution in [0.4, 0.5) is 0 Å². The zero-order valence-corrected chi connectivity index (χ0v) is 10.7. The summed E-state index contributed by atoms with van der Waals surface area (Å²) in [6, 6.07) is 10.5. The van der Waals surface area contributed by atoms with Crippen LogP contribution in [0.1, 0.15) is 37.8 Å². The van der Waals surface area contributed by atoms with Gasteiger partial charge in [-0.2, -0.15) is 0 Å². The predicted octanol–water partition coefficient (Wildman–Crippen LogP) is 2.71. The fraction of sp³-hybridized carbons (Fsp3) is 0.600. The number of rotatable bonds is 7. The molecule has 0 aliphatic heterocycles. The molecule has 1 saturated carbocycles. The van der Waals surface area contributed by atoms with Gasteiger partial charge in [-0.1, -0.05) is 37.3 Å². The molecule has 17 heavy (non-hydrogen) atoms. The molecule has 0 aromatic heterocycles. The summed E-state index contributed by atoms with van der Waals surface area (Å²) in [6.45, 7) is 4.51. The van der Waals surface area contributed by atoms with E-state index >= 15 is 0 Å². The zero-order chi connectivity index (χ0) is 12.1. The third kappa shape index (κ3) is 4.14. The van der Waals surface area contributed by atoms with Crippen molar-refractivity contribution in [3.8, 4) is 0 Å². The van der Waals surface area contributed by atoms with Gasteiger partial charge in [-0.15, -0.1) is 0 Å². The molecule has 0 radical (unpaired) electrons. The molecule has 2 unspecified atom stereocenters. The summed E-state index contributed by atoms with van der Waals surface area (Å²) >= 11 is 0. The van der Waals surface area contributed by atoms with E-state index in [1.54, 1.807) is 0 Å². The number of hydrogen-bond acceptors (Lipinski definition) is 2. The molecule has 0 amide bonds. The molecular formula is C15H24N2. The third-order valence-electron chi connectivity index (χ3n) is 3.75. The Morgan fingerprint density at radius 1 is 1.29 bits per heavy atom. The third-order valence-corrected chi connectivity index (χ3v) is 3.75. The molecule has 0 saturated heterocycles. The van der Waals surface area contributed by atoms with Crippen molar-refractivity contribution in [1.29, 1.82) is 0 Å². The Bertz CT molecular complexity index is 319. The fourth-order valence-corrected chi connectivity index (χ4v) is 2.29. The standard InChI is InChI=1S/C15H24N2/c1-12(13-7-8-13)11-17-10-9-15(16)14-5-3-2-4-6-14/h2-6,12-13,15,17H,7-11,16H2,1H3. The van der Waals surface area contributed by atoms with Crippen molar-refractivity contribution < 1.29 is 0 Å². The maximum atomic E-state index is 6.14. The van der Waals surface area contributed by atoms with Gasteiger partial charge >= 0.3 is 0 Å². The maximum absolute atomic E-state index is 6.14. The summed E-state index contributed by atoms with van der Waals surface area (Å²) < 4.78 is 0. The largest absolute Gasteiger partial charge is 0.324 e.